The third-order valence-electron chi connectivity index (χ3n) is 11.5. The Morgan fingerprint density at radius 3 is 1.00 bits per heavy atom. The average molecular weight is 798 g/mol. The molecule has 1 aliphatic rings. The quantitative estimate of drug-likeness (QED) is 0.0703. The van der Waals surface area contributed by atoms with Crippen molar-refractivity contribution in [2.24, 2.45) is 0 Å². The van der Waals surface area contributed by atoms with E-state index in [2.05, 4.69) is 83.1 Å². The van der Waals surface area contributed by atoms with Crippen LogP contribution in [0.5, 0.6) is 23.0 Å². The van der Waals surface area contributed by atoms with Gasteiger partial charge in [0.1, 0.15) is 23.0 Å². The van der Waals surface area contributed by atoms with E-state index < -0.39 is 10.9 Å². The lowest BCUT2D eigenvalue weighted by Gasteiger charge is -2.27. The van der Waals surface area contributed by atoms with Crippen LogP contribution in [-0.4, -0.2) is 26.2 Å². The Morgan fingerprint density at radius 2 is 0.746 bits per heavy atom. The number of phenolic OH excluding ortho intramolecular Hbond substituents is 3. The van der Waals surface area contributed by atoms with Crippen molar-refractivity contribution in [2.75, 3.05) is 0 Å². The second-order valence-corrected chi connectivity index (χ2v) is 20.5. The van der Waals surface area contributed by atoms with Crippen molar-refractivity contribution in [2.45, 2.75) is 130 Å². The molecule has 1 aliphatic carbocycles. The van der Waals surface area contributed by atoms with Gasteiger partial charge in [-0.25, -0.2) is 4.79 Å². The van der Waals surface area contributed by atoms with E-state index in [1.54, 1.807) is 0 Å². The van der Waals surface area contributed by atoms with Crippen LogP contribution in [0.15, 0.2) is 72.8 Å². The van der Waals surface area contributed by atoms with Crippen molar-refractivity contribution in [3.05, 3.63) is 155 Å². The minimum atomic E-state index is -0.689. The zero-order chi connectivity index (χ0) is 43.6. The van der Waals surface area contributed by atoms with E-state index in [1.807, 2.05) is 48.5 Å². The van der Waals surface area contributed by atoms with Crippen LogP contribution in [0, 0.1) is 10.1 Å². The third-order valence-corrected chi connectivity index (χ3v) is 11.5. The lowest BCUT2D eigenvalue weighted by atomic mass is 9.79. The summed E-state index contributed by atoms with van der Waals surface area (Å²) in [6, 6.07) is 21.5. The van der Waals surface area contributed by atoms with Gasteiger partial charge < -0.3 is 20.1 Å². The predicted octanol–water partition coefficient (Wildman–Crippen LogP) is 11.8. The van der Waals surface area contributed by atoms with Crippen LogP contribution in [0.25, 0.3) is 0 Å². The summed E-state index contributed by atoms with van der Waals surface area (Å²) in [7, 11) is 0. The number of hydrogen-bond donors (Lipinski definition) is 3. The Kier molecular flexibility index (Phi) is 11.1. The van der Waals surface area contributed by atoms with E-state index in [9.17, 15) is 30.2 Å². The highest BCUT2D eigenvalue weighted by molar-refractivity contribution is 5.91. The molecule has 0 amide bonds. The molecule has 8 bridgehead atoms. The van der Waals surface area contributed by atoms with Crippen molar-refractivity contribution >= 4 is 11.7 Å². The number of fused-ring (bicyclic) bond motifs is 8. The van der Waals surface area contributed by atoms with Crippen LogP contribution in [0.4, 0.5) is 5.69 Å². The van der Waals surface area contributed by atoms with Crippen molar-refractivity contribution in [3.8, 4) is 23.0 Å². The molecule has 0 saturated carbocycles. The van der Waals surface area contributed by atoms with Crippen molar-refractivity contribution in [1.29, 1.82) is 0 Å². The molecule has 0 unspecified atom stereocenters. The minimum absolute atomic E-state index is 0.0974. The van der Waals surface area contributed by atoms with Gasteiger partial charge in [0, 0.05) is 48.9 Å². The largest absolute Gasteiger partial charge is 0.507 e. The summed E-state index contributed by atoms with van der Waals surface area (Å²) >= 11 is 0. The maximum Gasteiger partial charge on any atom is 0.343 e. The molecule has 3 N–H and O–H groups in total. The third kappa shape index (κ3) is 9.17. The van der Waals surface area contributed by atoms with Gasteiger partial charge in [-0.05, 0) is 89.4 Å². The monoisotopic (exact) mass is 797 g/mol. The first-order chi connectivity index (χ1) is 27.2. The molecule has 6 rings (SSSR count). The molecule has 0 radical (unpaired) electrons. The lowest BCUT2D eigenvalue weighted by molar-refractivity contribution is -0.384. The molecule has 5 aromatic rings. The van der Waals surface area contributed by atoms with E-state index in [-0.39, 0.29) is 75.8 Å². The summed E-state index contributed by atoms with van der Waals surface area (Å²) in [6.07, 6.45) is 0.891. The normalized spacial score (nSPS) is 13.6. The fourth-order valence-electron chi connectivity index (χ4n) is 7.66. The molecule has 0 aliphatic heterocycles. The van der Waals surface area contributed by atoms with Gasteiger partial charge in [0.05, 0.1) is 10.5 Å². The van der Waals surface area contributed by atoms with E-state index >= 15 is 0 Å². The number of hydrogen-bond acceptors (Lipinski definition) is 7. The van der Waals surface area contributed by atoms with Gasteiger partial charge in [0.2, 0.25) is 0 Å². The fraction of sp³-hybridized carbons (Fsp3) is 0.392. The summed E-state index contributed by atoms with van der Waals surface area (Å²) in [4.78, 5) is 24.9. The molecular formula is C51H59NO7. The maximum absolute atomic E-state index is 14.0. The highest BCUT2D eigenvalue weighted by atomic mass is 16.6. The van der Waals surface area contributed by atoms with Crippen LogP contribution in [0.1, 0.15) is 160 Å². The van der Waals surface area contributed by atoms with E-state index in [0.29, 0.717) is 50.3 Å². The second-order valence-electron chi connectivity index (χ2n) is 20.5. The standard InChI is InChI=1S/C51H59NO7/c1-48(2,3)38-21-30-17-32-23-39(49(4,5)6)25-34(44(32)54)19-36-27-41(51(10,11)12)28-37(46(36)59-47(56)29-13-15-42(16-14-29)52(57)58)20-35-26-40(50(7,8)9)24-33(45(35)55)18-31(22-38)43(30)53/h13-16,21-28,53-55H,17-20H2,1-12H3. The molecule has 0 heterocycles. The molecular weight excluding hydrogens is 739 g/mol. The van der Waals surface area contributed by atoms with Gasteiger partial charge in [0.15, 0.2) is 0 Å². The van der Waals surface area contributed by atoms with Crippen LogP contribution in [0.2, 0.25) is 0 Å². The predicted molar refractivity (Wildman–Crippen MR) is 235 cm³/mol. The summed E-state index contributed by atoms with van der Waals surface area (Å²) in [5, 5.41) is 48.0. The number of nitro benzene ring substituents is 1. The number of nitrogens with zero attached hydrogens (tertiary/aromatic N) is 1. The van der Waals surface area contributed by atoms with Gasteiger partial charge in [-0.2, -0.15) is 0 Å². The number of carbonyl (C=O) groups excluding carboxylic acids is 1. The van der Waals surface area contributed by atoms with E-state index in [1.165, 1.54) is 24.3 Å². The lowest BCUT2D eigenvalue weighted by Crippen LogP contribution is -2.17. The van der Waals surface area contributed by atoms with Crippen LogP contribution >= 0.6 is 0 Å². The fourth-order valence-corrected chi connectivity index (χ4v) is 7.66. The number of non-ortho nitro benzene ring substituents is 1. The smallest absolute Gasteiger partial charge is 0.343 e. The first-order valence-electron chi connectivity index (χ1n) is 20.4. The van der Waals surface area contributed by atoms with Gasteiger partial charge in [-0.3, -0.25) is 10.1 Å². The summed E-state index contributed by atoms with van der Waals surface area (Å²) in [5.41, 5.74) is 8.07. The molecule has 0 aromatic heterocycles. The number of nitro groups is 1. The van der Waals surface area contributed by atoms with E-state index in [4.69, 9.17) is 4.74 Å². The Balaban J connectivity index is 1.70. The van der Waals surface area contributed by atoms with Gasteiger partial charge >= 0.3 is 5.97 Å². The summed E-state index contributed by atoms with van der Waals surface area (Å²) in [5.74, 6) is -0.0590. The topological polar surface area (TPSA) is 130 Å². The Labute approximate surface area is 349 Å². The van der Waals surface area contributed by atoms with E-state index in [0.717, 1.165) is 22.3 Å². The first kappa shape index (κ1) is 43.0. The first-order valence-corrected chi connectivity index (χ1v) is 20.4. The molecule has 310 valence electrons. The molecule has 5 aromatic carbocycles. The van der Waals surface area contributed by atoms with Crippen LogP contribution in [0.3, 0.4) is 0 Å². The molecule has 8 heteroatoms. The second kappa shape index (κ2) is 15.2. The zero-order valence-electron chi connectivity index (χ0n) is 36.7. The van der Waals surface area contributed by atoms with Crippen LogP contribution < -0.4 is 4.74 Å². The Hall–Kier alpha value is -5.63. The zero-order valence-corrected chi connectivity index (χ0v) is 36.7. The number of carbonyl (C=O) groups is 1. The van der Waals surface area contributed by atoms with Crippen molar-refractivity contribution in [3.63, 3.8) is 0 Å². The highest BCUT2D eigenvalue weighted by Crippen LogP contribution is 2.43. The number of phenols is 3. The molecule has 8 nitrogen and oxygen atoms in total. The summed E-state index contributed by atoms with van der Waals surface area (Å²) in [6.45, 7) is 25.5. The van der Waals surface area contributed by atoms with Crippen molar-refractivity contribution < 1.29 is 29.8 Å². The highest BCUT2D eigenvalue weighted by Gasteiger charge is 2.29. The van der Waals surface area contributed by atoms with Gasteiger partial charge in [-0.1, -0.05) is 132 Å². The Bertz CT molecular complexity index is 2350. The number of rotatable bonds is 3. The van der Waals surface area contributed by atoms with Gasteiger partial charge in [-0.15, -0.1) is 0 Å². The van der Waals surface area contributed by atoms with Crippen molar-refractivity contribution in [1.82, 2.24) is 0 Å². The minimum Gasteiger partial charge on any atom is -0.507 e. The SMILES string of the molecule is CC(C)(C)c1cc2c(O)c(c1)Cc1cc(C(C)(C)C)cc(c1O)Cc1cc(C(C)(C)C)cc(c1OC(=O)c1ccc([N+](=O)[O-])cc1)Cc1cc(C(C)(C)C)cc(c1O)C2. The molecule has 59 heavy (non-hydrogen) atoms. The molecule has 0 atom stereocenters. The average Bonchev–Trinajstić information content (AvgIpc) is 3.11. The Morgan fingerprint density at radius 1 is 0.492 bits per heavy atom. The number of benzene rings is 5. The van der Waals surface area contributed by atoms with Gasteiger partial charge in [0.25, 0.3) is 5.69 Å². The maximum atomic E-state index is 14.0. The summed E-state index contributed by atoms with van der Waals surface area (Å²) < 4.78 is 6.38. The van der Waals surface area contributed by atoms with Crippen LogP contribution in [-0.2, 0) is 47.3 Å². The number of aromatic hydroxyl groups is 3. The molecule has 0 spiro atoms. The number of esters is 1. The number of ether oxygens (including phenoxy) is 1. The molecule has 0 fully saturated rings. The molecule has 0 saturated heterocycles.